The first-order chi connectivity index (χ1) is 7.29. The Bertz CT molecular complexity index is 326. The van der Waals surface area contributed by atoms with Gasteiger partial charge in [-0.05, 0) is 46.8 Å². The lowest BCUT2D eigenvalue weighted by Gasteiger charge is -2.27. The summed E-state index contributed by atoms with van der Waals surface area (Å²) in [6.45, 7) is 1.64. The molecular formula is C11H15BrN2O. The van der Waals surface area contributed by atoms with Crippen LogP contribution >= 0.6 is 15.9 Å². The average molecular weight is 271 g/mol. The zero-order valence-corrected chi connectivity index (χ0v) is 10.1. The van der Waals surface area contributed by atoms with Crippen molar-refractivity contribution in [3.8, 4) is 0 Å². The molecule has 0 bridgehead atoms. The molecule has 0 amide bonds. The van der Waals surface area contributed by atoms with Gasteiger partial charge in [0.2, 0.25) is 0 Å². The van der Waals surface area contributed by atoms with Crippen molar-refractivity contribution in [1.82, 2.24) is 4.98 Å². The number of pyridine rings is 1. The van der Waals surface area contributed by atoms with Gasteiger partial charge in [0.25, 0.3) is 0 Å². The van der Waals surface area contributed by atoms with Crippen molar-refractivity contribution in [3.05, 3.63) is 28.5 Å². The Labute approximate surface area is 98.2 Å². The van der Waals surface area contributed by atoms with Gasteiger partial charge in [-0.15, -0.1) is 0 Å². The standard InChI is InChI=1S/C11H15BrN2O/c12-9-2-1-5-14-11(9)10(13)8-3-6-15-7-4-8/h1-2,5,8,10H,3-4,6-7,13H2. The summed E-state index contributed by atoms with van der Waals surface area (Å²) in [4.78, 5) is 4.34. The van der Waals surface area contributed by atoms with Crippen LogP contribution in [0.15, 0.2) is 22.8 Å². The summed E-state index contributed by atoms with van der Waals surface area (Å²) < 4.78 is 6.33. The first-order valence-electron chi connectivity index (χ1n) is 5.23. The van der Waals surface area contributed by atoms with Crippen molar-refractivity contribution >= 4 is 15.9 Å². The van der Waals surface area contributed by atoms with Crippen molar-refractivity contribution < 1.29 is 4.74 Å². The molecule has 4 heteroatoms. The van der Waals surface area contributed by atoms with E-state index in [0.29, 0.717) is 5.92 Å². The van der Waals surface area contributed by atoms with Crippen molar-refractivity contribution in [3.63, 3.8) is 0 Å². The molecule has 15 heavy (non-hydrogen) atoms. The lowest BCUT2D eigenvalue weighted by atomic mass is 9.90. The summed E-state index contributed by atoms with van der Waals surface area (Å²) in [6.07, 6.45) is 3.85. The molecule has 0 aliphatic carbocycles. The number of ether oxygens (including phenoxy) is 1. The molecule has 1 aromatic rings. The number of nitrogens with zero attached hydrogens (tertiary/aromatic N) is 1. The third-order valence-corrected chi connectivity index (χ3v) is 3.55. The smallest absolute Gasteiger partial charge is 0.0715 e. The first kappa shape index (κ1) is 11.0. The minimum Gasteiger partial charge on any atom is -0.381 e. The molecule has 1 unspecified atom stereocenters. The van der Waals surface area contributed by atoms with Crippen LogP contribution in [0.25, 0.3) is 0 Å². The van der Waals surface area contributed by atoms with Crippen LogP contribution in [-0.4, -0.2) is 18.2 Å². The zero-order chi connectivity index (χ0) is 10.7. The molecule has 82 valence electrons. The van der Waals surface area contributed by atoms with Crippen LogP contribution in [-0.2, 0) is 4.74 Å². The Morgan fingerprint density at radius 1 is 1.47 bits per heavy atom. The molecule has 2 rings (SSSR count). The Kier molecular flexibility index (Phi) is 3.72. The van der Waals surface area contributed by atoms with Gasteiger partial charge in [0, 0.05) is 23.9 Å². The van der Waals surface area contributed by atoms with E-state index in [4.69, 9.17) is 10.5 Å². The fraction of sp³-hybridized carbons (Fsp3) is 0.545. The SMILES string of the molecule is NC(c1ncccc1Br)C1CCOCC1. The number of rotatable bonds is 2. The van der Waals surface area contributed by atoms with Crippen molar-refractivity contribution in [2.24, 2.45) is 11.7 Å². The van der Waals surface area contributed by atoms with E-state index in [1.165, 1.54) is 0 Å². The largest absolute Gasteiger partial charge is 0.381 e. The monoisotopic (exact) mass is 270 g/mol. The average Bonchev–Trinajstić information content (AvgIpc) is 2.30. The minimum absolute atomic E-state index is 0.0180. The molecule has 0 aromatic carbocycles. The summed E-state index contributed by atoms with van der Waals surface area (Å²) in [5.74, 6) is 0.491. The van der Waals surface area contributed by atoms with E-state index in [0.717, 1.165) is 36.2 Å². The third kappa shape index (κ3) is 2.56. The van der Waals surface area contributed by atoms with Crippen molar-refractivity contribution in [2.75, 3.05) is 13.2 Å². The van der Waals surface area contributed by atoms with Crippen LogP contribution in [0, 0.1) is 5.92 Å². The topological polar surface area (TPSA) is 48.1 Å². The highest BCUT2D eigenvalue weighted by Gasteiger charge is 2.24. The van der Waals surface area contributed by atoms with Crippen LogP contribution in [0.4, 0.5) is 0 Å². The molecule has 2 N–H and O–H groups in total. The van der Waals surface area contributed by atoms with Crippen molar-refractivity contribution in [1.29, 1.82) is 0 Å². The van der Waals surface area contributed by atoms with Gasteiger partial charge in [-0.1, -0.05) is 0 Å². The Balaban J connectivity index is 2.12. The van der Waals surface area contributed by atoms with Gasteiger partial charge in [0.05, 0.1) is 11.7 Å². The molecule has 1 aliphatic heterocycles. The second-order valence-electron chi connectivity index (χ2n) is 3.85. The summed E-state index contributed by atoms with van der Waals surface area (Å²) in [6, 6.07) is 3.91. The predicted molar refractivity (Wildman–Crippen MR) is 62.4 cm³/mol. The fourth-order valence-electron chi connectivity index (χ4n) is 1.94. The second-order valence-corrected chi connectivity index (χ2v) is 4.70. The van der Waals surface area contributed by atoms with E-state index in [1.54, 1.807) is 6.20 Å². The normalized spacial score (nSPS) is 20.1. The van der Waals surface area contributed by atoms with Gasteiger partial charge >= 0.3 is 0 Å². The number of nitrogens with two attached hydrogens (primary N) is 1. The molecule has 2 heterocycles. The molecule has 0 saturated carbocycles. The van der Waals surface area contributed by atoms with E-state index >= 15 is 0 Å². The van der Waals surface area contributed by atoms with Gasteiger partial charge < -0.3 is 10.5 Å². The summed E-state index contributed by atoms with van der Waals surface area (Å²) in [7, 11) is 0. The van der Waals surface area contributed by atoms with Crippen molar-refractivity contribution in [2.45, 2.75) is 18.9 Å². The number of halogens is 1. The van der Waals surface area contributed by atoms with Gasteiger partial charge in [-0.25, -0.2) is 0 Å². The summed E-state index contributed by atoms with van der Waals surface area (Å²) >= 11 is 3.49. The van der Waals surface area contributed by atoms with Crippen LogP contribution in [0.5, 0.6) is 0 Å². The van der Waals surface area contributed by atoms with Gasteiger partial charge in [-0.2, -0.15) is 0 Å². The lowest BCUT2D eigenvalue weighted by molar-refractivity contribution is 0.0578. The molecule has 1 aliphatic rings. The Morgan fingerprint density at radius 2 is 2.20 bits per heavy atom. The van der Waals surface area contributed by atoms with Crippen LogP contribution in [0.2, 0.25) is 0 Å². The maximum atomic E-state index is 6.22. The molecule has 0 radical (unpaired) electrons. The van der Waals surface area contributed by atoms with Gasteiger partial charge in [0.15, 0.2) is 0 Å². The molecule has 1 atom stereocenters. The lowest BCUT2D eigenvalue weighted by Crippen LogP contribution is -2.28. The maximum Gasteiger partial charge on any atom is 0.0715 e. The zero-order valence-electron chi connectivity index (χ0n) is 8.53. The first-order valence-corrected chi connectivity index (χ1v) is 6.02. The quantitative estimate of drug-likeness (QED) is 0.897. The van der Waals surface area contributed by atoms with Crippen LogP contribution < -0.4 is 5.73 Å². The Hall–Kier alpha value is -0.450. The van der Waals surface area contributed by atoms with E-state index < -0.39 is 0 Å². The number of aromatic nitrogens is 1. The maximum absolute atomic E-state index is 6.22. The third-order valence-electron chi connectivity index (χ3n) is 2.88. The highest BCUT2D eigenvalue weighted by molar-refractivity contribution is 9.10. The highest BCUT2D eigenvalue weighted by Crippen LogP contribution is 2.30. The van der Waals surface area contributed by atoms with E-state index in [-0.39, 0.29) is 6.04 Å². The van der Waals surface area contributed by atoms with E-state index in [1.807, 2.05) is 12.1 Å². The number of hydrogen-bond acceptors (Lipinski definition) is 3. The number of hydrogen-bond donors (Lipinski definition) is 1. The highest BCUT2D eigenvalue weighted by atomic mass is 79.9. The minimum atomic E-state index is 0.0180. The van der Waals surface area contributed by atoms with E-state index in [9.17, 15) is 0 Å². The molecular weight excluding hydrogens is 256 g/mol. The summed E-state index contributed by atoms with van der Waals surface area (Å²) in [5, 5.41) is 0. The second kappa shape index (κ2) is 5.05. The van der Waals surface area contributed by atoms with Gasteiger partial charge in [0.1, 0.15) is 0 Å². The molecule has 1 saturated heterocycles. The molecule has 0 spiro atoms. The van der Waals surface area contributed by atoms with Crippen LogP contribution in [0.3, 0.4) is 0 Å². The molecule has 1 aromatic heterocycles. The molecule has 3 nitrogen and oxygen atoms in total. The summed E-state index contributed by atoms with van der Waals surface area (Å²) in [5.41, 5.74) is 7.18. The fourth-order valence-corrected chi connectivity index (χ4v) is 2.46. The Morgan fingerprint density at radius 3 is 2.87 bits per heavy atom. The molecule has 1 fully saturated rings. The van der Waals surface area contributed by atoms with E-state index in [2.05, 4.69) is 20.9 Å². The van der Waals surface area contributed by atoms with Gasteiger partial charge in [-0.3, -0.25) is 4.98 Å². The predicted octanol–water partition coefficient (Wildman–Crippen LogP) is 2.27. The van der Waals surface area contributed by atoms with Crippen LogP contribution in [0.1, 0.15) is 24.6 Å².